The number of anilines is 2. The highest BCUT2D eigenvalue weighted by Gasteiger charge is 2.11. The van der Waals surface area contributed by atoms with Gasteiger partial charge in [-0.05, 0) is 0 Å². The summed E-state index contributed by atoms with van der Waals surface area (Å²) < 4.78 is 0. The van der Waals surface area contributed by atoms with Crippen LogP contribution in [0.15, 0.2) is 36.7 Å². The van der Waals surface area contributed by atoms with E-state index in [-0.39, 0.29) is 5.69 Å². The van der Waals surface area contributed by atoms with Gasteiger partial charge in [0.2, 0.25) is 0 Å². The number of rotatable bonds is 4. The zero-order valence-corrected chi connectivity index (χ0v) is 9.41. The summed E-state index contributed by atoms with van der Waals surface area (Å²) in [5.74, 6) is 0.871. The first kappa shape index (κ1) is 11.8. The molecule has 7 nitrogen and oxygen atoms in total. The quantitative estimate of drug-likeness (QED) is 0.625. The number of nitro groups is 1. The van der Waals surface area contributed by atoms with Crippen LogP contribution in [0.1, 0.15) is 5.56 Å². The molecule has 18 heavy (non-hydrogen) atoms. The fourth-order valence-corrected chi connectivity index (χ4v) is 1.49. The van der Waals surface area contributed by atoms with Crippen molar-refractivity contribution in [1.29, 1.82) is 0 Å². The molecule has 0 unspecified atom stereocenters. The topological polar surface area (TPSA) is 107 Å². The summed E-state index contributed by atoms with van der Waals surface area (Å²) in [5, 5.41) is 13.8. The van der Waals surface area contributed by atoms with Gasteiger partial charge in [-0.15, -0.1) is 0 Å². The van der Waals surface area contributed by atoms with Gasteiger partial charge in [0.1, 0.15) is 18.0 Å². The summed E-state index contributed by atoms with van der Waals surface area (Å²) >= 11 is 0. The zero-order valence-electron chi connectivity index (χ0n) is 9.41. The molecule has 1 aromatic carbocycles. The number of nitro benzene ring substituents is 1. The number of nitrogens with zero attached hydrogens (tertiary/aromatic N) is 3. The average Bonchev–Trinajstić information content (AvgIpc) is 2.37. The Morgan fingerprint density at radius 1 is 1.33 bits per heavy atom. The highest BCUT2D eigenvalue weighted by Crippen LogP contribution is 2.18. The molecule has 0 aliphatic rings. The van der Waals surface area contributed by atoms with Gasteiger partial charge in [0, 0.05) is 24.2 Å². The molecule has 3 N–H and O–H groups in total. The maximum atomic E-state index is 10.8. The Hall–Kier alpha value is -2.70. The predicted molar refractivity (Wildman–Crippen MR) is 66.9 cm³/mol. The number of hydrogen-bond acceptors (Lipinski definition) is 6. The van der Waals surface area contributed by atoms with Gasteiger partial charge in [0.05, 0.1) is 4.92 Å². The van der Waals surface area contributed by atoms with Crippen LogP contribution in [0.5, 0.6) is 0 Å². The molecule has 0 aliphatic carbocycles. The maximum absolute atomic E-state index is 10.8. The molecule has 0 atom stereocenters. The smallest absolute Gasteiger partial charge is 0.274 e. The summed E-state index contributed by atoms with van der Waals surface area (Å²) in [6.07, 6.45) is 1.33. The van der Waals surface area contributed by atoms with Crippen LogP contribution in [0.4, 0.5) is 17.3 Å². The second kappa shape index (κ2) is 5.09. The Morgan fingerprint density at radius 2 is 2.11 bits per heavy atom. The monoisotopic (exact) mass is 245 g/mol. The van der Waals surface area contributed by atoms with Crippen molar-refractivity contribution in [3.8, 4) is 0 Å². The van der Waals surface area contributed by atoms with Crippen LogP contribution in [0.2, 0.25) is 0 Å². The Labute approximate surface area is 103 Å². The highest BCUT2D eigenvalue weighted by atomic mass is 16.6. The number of nitrogen functional groups attached to an aromatic ring is 1. The lowest BCUT2D eigenvalue weighted by molar-refractivity contribution is -0.385. The molecule has 0 amide bonds. The molecule has 92 valence electrons. The summed E-state index contributed by atoms with van der Waals surface area (Å²) in [6.45, 7) is 0.299. The second-order valence-electron chi connectivity index (χ2n) is 3.57. The van der Waals surface area contributed by atoms with E-state index in [2.05, 4.69) is 15.3 Å². The summed E-state index contributed by atoms with van der Waals surface area (Å²) in [4.78, 5) is 18.1. The third kappa shape index (κ3) is 2.70. The van der Waals surface area contributed by atoms with Crippen molar-refractivity contribution in [1.82, 2.24) is 9.97 Å². The molecule has 0 aliphatic heterocycles. The van der Waals surface area contributed by atoms with Gasteiger partial charge in [0.25, 0.3) is 5.69 Å². The standard InChI is InChI=1S/C11H11N5O2/c12-10-5-11(15-7-14-10)13-6-8-3-1-2-4-9(8)16(17)18/h1-5,7H,6H2,(H3,12,13,14,15). The minimum Gasteiger partial charge on any atom is -0.384 e. The second-order valence-corrected chi connectivity index (χ2v) is 3.57. The van der Waals surface area contributed by atoms with E-state index in [1.165, 1.54) is 12.4 Å². The Balaban J connectivity index is 2.13. The molecule has 0 bridgehead atoms. The van der Waals surface area contributed by atoms with Crippen LogP contribution in [0, 0.1) is 10.1 Å². The van der Waals surface area contributed by atoms with Crippen molar-refractivity contribution in [2.75, 3.05) is 11.1 Å². The minimum absolute atomic E-state index is 0.0760. The molecular weight excluding hydrogens is 234 g/mol. The van der Waals surface area contributed by atoms with E-state index in [0.717, 1.165) is 0 Å². The largest absolute Gasteiger partial charge is 0.384 e. The Kier molecular flexibility index (Phi) is 3.33. The maximum Gasteiger partial charge on any atom is 0.274 e. The molecule has 0 radical (unpaired) electrons. The first-order valence-corrected chi connectivity index (χ1v) is 5.20. The van der Waals surface area contributed by atoms with Crippen molar-refractivity contribution in [3.63, 3.8) is 0 Å². The molecule has 2 aromatic rings. The van der Waals surface area contributed by atoms with E-state index in [1.54, 1.807) is 24.3 Å². The van der Waals surface area contributed by atoms with Crippen LogP contribution in [-0.2, 0) is 6.54 Å². The van der Waals surface area contributed by atoms with Gasteiger partial charge < -0.3 is 11.1 Å². The Morgan fingerprint density at radius 3 is 2.83 bits per heavy atom. The van der Waals surface area contributed by atoms with Gasteiger partial charge in [-0.2, -0.15) is 0 Å². The van der Waals surface area contributed by atoms with Gasteiger partial charge in [-0.3, -0.25) is 10.1 Å². The molecular formula is C11H11N5O2. The number of nitrogens with two attached hydrogens (primary N) is 1. The van der Waals surface area contributed by atoms with Crippen molar-refractivity contribution in [2.45, 2.75) is 6.54 Å². The van der Waals surface area contributed by atoms with Crippen molar-refractivity contribution in [2.24, 2.45) is 0 Å². The van der Waals surface area contributed by atoms with Crippen LogP contribution in [0.25, 0.3) is 0 Å². The van der Waals surface area contributed by atoms with Crippen molar-refractivity contribution >= 4 is 17.3 Å². The lowest BCUT2D eigenvalue weighted by Crippen LogP contribution is -2.05. The van der Waals surface area contributed by atoms with Crippen molar-refractivity contribution in [3.05, 3.63) is 52.3 Å². The first-order chi connectivity index (χ1) is 8.66. The number of para-hydroxylation sites is 1. The van der Waals surface area contributed by atoms with Gasteiger partial charge in [-0.1, -0.05) is 18.2 Å². The number of benzene rings is 1. The van der Waals surface area contributed by atoms with E-state index in [4.69, 9.17) is 5.73 Å². The lowest BCUT2D eigenvalue weighted by atomic mass is 10.2. The number of nitrogens with one attached hydrogen (secondary N) is 1. The minimum atomic E-state index is -0.411. The fourth-order valence-electron chi connectivity index (χ4n) is 1.49. The first-order valence-electron chi connectivity index (χ1n) is 5.20. The highest BCUT2D eigenvalue weighted by molar-refractivity contribution is 5.46. The molecule has 0 saturated carbocycles. The predicted octanol–water partition coefficient (Wildman–Crippen LogP) is 1.58. The normalized spacial score (nSPS) is 10.0. The van der Waals surface area contributed by atoms with Crippen LogP contribution in [0.3, 0.4) is 0 Å². The van der Waals surface area contributed by atoms with E-state index in [1.807, 2.05) is 0 Å². The lowest BCUT2D eigenvalue weighted by Gasteiger charge is -2.06. The van der Waals surface area contributed by atoms with E-state index in [9.17, 15) is 10.1 Å². The molecule has 1 aromatic heterocycles. The van der Waals surface area contributed by atoms with Gasteiger partial charge in [-0.25, -0.2) is 9.97 Å². The zero-order chi connectivity index (χ0) is 13.0. The van der Waals surface area contributed by atoms with Crippen LogP contribution >= 0.6 is 0 Å². The molecule has 7 heteroatoms. The number of hydrogen-bond donors (Lipinski definition) is 2. The van der Waals surface area contributed by atoms with Crippen LogP contribution in [-0.4, -0.2) is 14.9 Å². The molecule has 0 spiro atoms. The average molecular weight is 245 g/mol. The van der Waals surface area contributed by atoms with E-state index < -0.39 is 4.92 Å². The summed E-state index contributed by atoms with van der Waals surface area (Å²) in [6, 6.07) is 8.10. The van der Waals surface area contributed by atoms with Crippen LogP contribution < -0.4 is 11.1 Å². The number of aromatic nitrogens is 2. The summed E-state index contributed by atoms with van der Waals surface area (Å²) in [5.41, 5.74) is 6.17. The Bertz CT molecular complexity index is 573. The molecule has 1 heterocycles. The van der Waals surface area contributed by atoms with Gasteiger partial charge >= 0.3 is 0 Å². The van der Waals surface area contributed by atoms with Crippen molar-refractivity contribution < 1.29 is 4.92 Å². The van der Waals surface area contributed by atoms with E-state index in [0.29, 0.717) is 23.7 Å². The molecule has 0 fully saturated rings. The fraction of sp³-hybridized carbons (Fsp3) is 0.0909. The molecule has 2 rings (SSSR count). The third-order valence-electron chi connectivity index (χ3n) is 2.34. The summed E-state index contributed by atoms with van der Waals surface area (Å²) in [7, 11) is 0. The molecule has 0 saturated heterocycles. The SMILES string of the molecule is Nc1cc(NCc2ccccc2[N+](=O)[O-])ncn1. The van der Waals surface area contributed by atoms with Gasteiger partial charge in [0.15, 0.2) is 0 Å². The third-order valence-corrected chi connectivity index (χ3v) is 2.34. The van der Waals surface area contributed by atoms with E-state index >= 15 is 0 Å².